The highest BCUT2D eigenvalue weighted by atomic mass is 32.1. The van der Waals surface area contributed by atoms with E-state index in [1.165, 1.54) is 6.33 Å². The van der Waals surface area contributed by atoms with Crippen molar-refractivity contribution in [1.82, 2.24) is 14.8 Å². The summed E-state index contributed by atoms with van der Waals surface area (Å²) in [5.74, 6) is 0.268. The Balaban J connectivity index is 1.65. The number of benzene rings is 1. The third kappa shape index (κ3) is 2.94. The van der Waals surface area contributed by atoms with Gasteiger partial charge < -0.3 is 10.1 Å². The number of carbonyl (C=O) groups is 1. The number of ether oxygens (including phenoxy) is 1. The van der Waals surface area contributed by atoms with Crippen LogP contribution in [0.4, 0.5) is 5.95 Å². The van der Waals surface area contributed by atoms with Crippen molar-refractivity contribution in [1.29, 1.82) is 0 Å². The van der Waals surface area contributed by atoms with E-state index < -0.39 is 0 Å². The summed E-state index contributed by atoms with van der Waals surface area (Å²) in [7, 11) is 0. The largest absolute Gasteiger partial charge is 0.457 e. The number of nitrogens with one attached hydrogen (secondary N) is 1. The van der Waals surface area contributed by atoms with Crippen molar-refractivity contribution in [3.05, 3.63) is 75.9 Å². The van der Waals surface area contributed by atoms with Gasteiger partial charge in [0.25, 0.3) is 0 Å². The summed E-state index contributed by atoms with van der Waals surface area (Å²) in [6, 6.07) is 13.3. The van der Waals surface area contributed by atoms with Crippen LogP contribution in [0, 0.1) is 0 Å². The standard InChI is InChI=1S/C18H16N4O2S/c1-12-15(17(23)24-10-13-6-3-2-4-7-13)16(14-8-5-9-25-14)22-18(21-12)19-11-20-22/h2-9,11,16H,10H2,1H3,(H,19,20,21)/t16-/m1/s1. The highest BCUT2D eigenvalue weighted by Gasteiger charge is 2.34. The first-order valence-electron chi connectivity index (χ1n) is 7.86. The number of nitrogens with zero attached hydrogens (tertiary/aromatic N) is 3. The van der Waals surface area contributed by atoms with Crippen LogP contribution in [0.3, 0.4) is 0 Å². The fourth-order valence-corrected chi connectivity index (χ4v) is 3.68. The molecule has 0 radical (unpaired) electrons. The molecule has 3 aromatic rings. The van der Waals surface area contributed by atoms with Crippen molar-refractivity contribution in [3.63, 3.8) is 0 Å². The average molecular weight is 352 g/mol. The Morgan fingerprint density at radius 3 is 2.88 bits per heavy atom. The Bertz CT molecular complexity index is 916. The number of fused-ring (bicyclic) bond motifs is 1. The summed E-state index contributed by atoms with van der Waals surface area (Å²) >= 11 is 1.58. The van der Waals surface area contributed by atoms with Gasteiger partial charge in [0.1, 0.15) is 19.0 Å². The lowest BCUT2D eigenvalue weighted by atomic mass is 10.0. The molecular weight excluding hydrogens is 336 g/mol. The fourth-order valence-electron chi connectivity index (χ4n) is 2.87. The molecular formula is C18H16N4O2S. The molecule has 25 heavy (non-hydrogen) atoms. The van der Waals surface area contributed by atoms with Crippen molar-refractivity contribution in [2.24, 2.45) is 0 Å². The molecule has 1 aliphatic rings. The van der Waals surface area contributed by atoms with Gasteiger partial charge in [-0.2, -0.15) is 10.1 Å². The van der Waals surface area contributed by atoms with Crippen molar-refractivity contribution >= 4 is 23.3 Å². The van der Waals surface area contributed by atoms with Gasteiger partial charge in [0, 0.05) is 10.6 Å². The first kappa shape index (κ1) is 15.6. The molecule has 1 atom stereocenters. The molecule has 2 aromatic heterocycles. The zero-order chi connectivity index (χ0) is 17.2. The molecule has 3 heterocycles. The molecule has 0 amide bonds. The molecule has 126 valence electrons. The Morgan fingerprint density at radius 2 is 2.12 bits per heavy atom. The van der Waals surface area contributed by atoms with E-state index in [-0.39, 0.29) is 18.6 Å². The van der Waals surface area contributed by atoms with Crippen molar-refractivity contribution < 1.29 is 9.53 Å². The minimum absolute atomic E-state index is 0.234. The van der Waals surface area contributed by atoms with Crippen LogP contribution in [0.15, 0.2) is 65.4 Å². The Hall–Kier alpha value is -2.93. The number of thiophene rings is 1. The van der Waals surface area contributed by atoms with Crippen molar-refractivity contribution in [3.8, 4) is 0 Å². The smallest absolute Gasteiger partial charge is 0.338 e. The molecule has 0 unspecified atom stereocenters. The van der Waals surface area contributed by atoms with Crippen LogP contribution in [0.2, 0.25) is 0 Å². The van der Waals surface area contributed by atoms with Gasteiger partial charge in [-0.3, -0.25) is 0 Å². The molecule has 0 spiro atoms. The van der Waals surface area contributed by atoms with Crippen LogP contribution in [-0.2, 0) is 16.1 Å². The number of anilines is 1. The van der Waals surface area contributed by atoms with Crippen LogP contribution < -0.4 is 5.32 Å². The second-order valence-corrected chi connectivity index (χ2v) is 6.65. The maximum absolute atomic E-state index is 12.8. The normalized spacial score (nSPS) is 16.3. The molecule has 6 nitrogen and oxygen atoms in total. The minimum atomic E-state index is -0.353. The van der Waals surface area contributed by atoms with Gasteiger partial charge in [0.2, 0.25) is 5.95 Å². The zero-order valence-corrected chi connectivity index (χ0v) is 14.4. The summed E-state index contributed by atoms with van der Waals surface area (Å²) in [6.07, 6.45) is 1.48. The van der Waals surface area contributed by atoms with Gasteiger partial charge in [-0.15, -0.1) is 11.3 Å². The van der Waals surface area contributed by atoms with Crippen LogP contribution in [-0.4, -0.2) is 20.7 Å². The number of esters is 1. The summed E-state index contributed by atoms with van der Waals surface area (Å²) in [5, 5.41) is 9.40. The van der Waals surface area contributed by atoms with E-state index in [4.69, 9.17) is 4.74 Å². The van der Waals surface area contributed by atoms with E-state index in [1.807, 2.05) is 54.8 Å². The third-order valence-corrected chi connectivity index (χ3v) is 4.96. The number of aromatic nitrogens is 3. The Labute approximate surface area is 148 Å². The monoisotopic (exact) mass is 352 g/mol. The van der Waals surface area contributed by atoms with Crippen LogP contribution in [0.1, 0.15) is 23.4 Å². The molecule has 0 saturated carbocycles. The summed E-state index contributed by atoms with van der Waals surface area (Å²) < 4.78 is 7.28. The lowest BCUT2D eigenvalue weighted by molar-refractivity contribution is -0.140. The molecule has 4 rings (SSSR count). The summed E-state index contributed by atoms with van der Waals surface area (Å²) in [6.45, 7) is 2.09. The number of allylic oxidation sites excluding steroid dienone is 1. The van der Waals surface area contributed by atoms with Gasteiger partial charge in [-0.05, 0) is 23.9 Å². The molecule has 1 N–H and O–H groups in total. The van der Waals surface area contributed by atoms with Gasteiger partial charge in [0.05, 0.1) is 5.57 Å². The maximum Gasteiger partial charge on any atom is 0.338 e. The number of carbonyl (C=O) groups excluding carboxylic acids is 1. The maximum atomic E-state index is 12.8. The molecule has 1 aromatic carbocycles. The van der Waals surface area contributed by atoms with E-state index in [0.717, 1.165) is 16.1 Å². The number of hydrogen-bond acceptors (Lipinski definition) is 6. The molecule has 0 bridgehead atoms. The van der Waals surface area contributed by atoms with Gasteiger partial charge in [-0.1, -0.05) is 36.4 Å². The second-order valence-electron chi connectivity index (χ2n) is 5.67. The van der Waals surface area contributed by atoms with Gasteiger partial charge in [-0.25, -0.2) is 9.48 Å². The fraction of sp³-hybridized carbons (Fsp3) is 0.167. The van der Waals surface area contributed by atoms with E-state index in [0.29, 0.717) is 11.5 Å². The predicted molar refractivity (Wildman–Crippen MR) is 95.0 cm³/mol. The SMILES string of the molecule is CC1=C(C(=O)OCc2ccccc2)[C@@H](c2cccs2)n2ncnc2N1. The highest BCUT2D eigenvalue weighted by molar-refractivity contribution is 7.10. The molecule has 7 heteroatoms. The molecule has 0 saturated heterocycles. The number of rotatable bonds is 4. The number of hydrogen-bond donors (Lipinski definition) is 1. The average Bonchev–Trinajstić information content (AvgIpc) is 3.31. The first-order chi connectivity index (χ1) is 12.2. The molecule has 0 aliphatic carbocycles. The Morgan fingerprint density at radius 1 is 1.28 bits per heavy atom. The van der Waals surface area contributed by atoms with Crippen molar-refractivity contribution in [2.45, 2.75) is 19.6 Å². The molecule has 0 fully saturated rings. The first-order valence-corrected chi connectivity index (χ1v) is 8.74. The quantitative estimate of drug-likeness (QED) is 0.729. The van der Waals surface area contributed by atoms with E-state index in [2.05, 4.69) is 15.4 Å². The topological polar surface area (TPSA) is 69.0 Å². The van der Waals surface area contributed by atoms with E-state index in [1.54, 1.807) is 16.0 Å². The lowest BCUT2D eigenvalue weighted by Gasteiger charge is -2.27. The van der Waals surface area contributed by atoms with E-state index >= 15 is 0 Å². The summed E-state index contributed by atoms with van der Waals surface area (Å²) in [4.78, 5) is 18.1. The van der Waals surface area contributed by atoms with E-state index in [9.17, 15) is 4.79 Å². The van der Waals surface area contributed by atoms with Gasteiger partial charge in [0.15, 0.2) is 0 Å². The van der Waals surface area contributed by atoms with Crippen LogP contribution in [0.25, 0.3) is 0 Å². The highest BCUT2D eigenvalue weighted by Crippen LogP contribution is 2.37. The predicted octanol–water partition coefficient (Wildman–Crippen LogP) is 3.37. The minimum Gasteiger partial charge on any atom is -0.457 e. The van der Waals surface area contributed by atoms with Gasteiger partial charge >= 0.3 is 5.97 Å². The second kappa shape index (κ2) is 6.52. The lowest BCUT2D eigenvalue weighted by Crippen LogP contribution is -2.29. The van der Waals surface area contributed by atoms with Crippen LogP contribution >= 0.6 is 11.3 Å². The van der Waals surface area contributed by atoms with Crippen LogP contribution in [0.5, 0.6) is 0 Å². The zero-order valence-electron chi connectivity index (χ0n) is 13.5. The Kier molecular flexibility index (Phi) is 4.07. The third-order valence-electron chi connectivity index (χ3n) is 4.04. The summed E-state index contributed by atoms with van der Waals surface area (Å²) in [5.41, 5.74) is 2.24. The van der Waals surface area contributed by atoms with Crippen molar-refractivity contribution in [2.75, 3.05) is 5.32 Å². The molecule has 1 aliphatic heterocycles.